The van der Waals surface area contributed by atoms with Gasteiger partial charge in [0, 0.05) is 45.2 Å². The number of rotatable bonds is 4. The van der Waals surface area contributed by atoms with E-state index in [1.165, 1.54) is 6.26 Å². The first-order valence-corrected chi connectivity index (χ1v) is 8.33. The van der Waals surface area contributed by atoms with Gasteiger partial charge in [-0.2, -0.15) is 0 Å². The Balaban J connectivity index is 1.68. The Morgan fingerprint density at radius 3 is 3.09 bits per heavy atom. The highest BCUT2D eigenvalue weighted by atomic mass is 16.5. The lowest BCUT2D eigenvalue weighted by molar-refractivity contribution is 0.00617. The number of piperidine rings is 1. The zero-order chi connectivity index (χ0) is 16.1. The maximum Gasteiger partial charge on any atom is 0.257 e. The van der Waals surface area contributed by atoms with Crippen LogP contribution in [-0.2, 0) is 9.47 Å². The first-order valence-electron chi connectivity index (χ1n) is 8.33. The van der Waals surface area contributed by atoms with Crippen LogP contribution in [0.5, 0.6) is 0 Å². The van der Waals surface area contributed by atoms with Gasteiger partial charge in [-0.1, -0.05) is 0 Å². The first kappa shape index (κ1) is 16.5. The summed E-state index contributed by atoms with van der Waals surface area (Å²) in [5.41, 5.74) is 0.662. The Kier molecular flexibility index (Phi) is 5.35. The molecule has 3 heterocycles. The van der Waals surface area contributed by atoms with Gasteiger partial charge in [0.1, 0.15) is 6.26 Å². The average Bonchev–Trinajstić information content (AvgIpc) is 3.03. The average molecular weight is 322 g/mol. The lowest BCUT2D eigenvalue weighted by atomic mass is 9.80. The van der Waals surface area contributed by atoms with Crippen molar-refractivity contribution in [2.24, 2.45) is 5.41 Å². The summed E-state index contributed by atoms with van der Waals surface area (Å²) in [6.07, 6.45) is 5.20. The maximum absolute atomic E-state index is 12.6. The summed E-state index contributed by atoms with van der Waals surface area (Å²) >= 11 is 0. The van der Waals surface area contributed by atoms with Crippen LogP contribution >= 0.6 is 0 Å². The molecule has 3 rings (SSSR count). The fraction of sp³-hybridized carbons (Fsp3) is 0.706. The molecular weight excluding hydrogens is 296 g/mol. The van der Waals surface area contributed by atoms with Crippen molar-refractivity contribution in [3.63, 3.8) is 0 Å². The highest BCUT2D eigenvalue weighted by Gasteiger charge is 2.40. The molecule has 2 aliphatic heterocycles. The van der Waals surface area contributed by atoms with E-state index >= 15 is 0 Å². The van der Waals surface area contributed by atoms with Gasteiger partial charge >= 0.3 is 0 Å². The Bertz CT molecular complexity index is 505. The second-order valence-corrected chi connectivity index (χ2v) is 6.66. The molecule has 2 aliphatic rings. The van der Waals surface area contributed by atoms with Crippen LogP contribution in [0.15, 0.2) is 23.0 Å². The van der Waals surface area contributed by atoms with Gasteiger partial charge in [-0.15, -0.1) is 0 Å². The molecule has 0 aliphatic carbocycles. The third kappa shape index (κ3) is 3.94. The highest BCUT2D eigenvalue weighted by molar-refractivity contribution is 5.93. The van der Waals surface area contributed by atoms with Gasteiger partial charge in [-0.3, -0.25) is 9.69 Å². The number of hydrogen-bond acceptors (Lipinski definition) is 5. The summed E-state index contributed by atoms with van der Waals surface area (Å²) < 4.78 is 16.1. The largest absolute Gasteiger partial charge is 0.472 e. The van der Waals surface area contributed by atoms with Crippen molar-refractivity contribution in [2.75, 3.05) is 59.7 Å². The molecule has 0 bridgehead atoms. The van der Waals surface area contributed by atoms with Gasteiger partial charge in [-0.25, -0.2) is 0 Å². The lowest BCUT2D eigenvalue weighted by Gasteiger charge is -2.43. The van der Waals surface area contributed by atoms with Crippen molar-refractivity contribution in [1.82, 2.24) is 9.80 Å². The van der Waals surface area contributed by atoms with E-state index in [1.54, 1.807) is 19.4 Å². The van der Waals surface area contributed by atoms with Gasteiger partial charge in [0.2, 0.25) is 0 Å². The second-order valence-electron chi connectivity index (χ2n) is 6.66. The van der Waals surface area contributed by atoms with Crippen molar-refractivity contribution in [1.29, 1.82) is 0 Å². The molecule has 128 valence electrons. The molecule has 0 saturated carbocycles. The number of furan rings is 1. The Labute approximate surface area is 137 Å². The monoisotopic (exact) mass is 322 g/mol. The van der Waals surface area contributed by atoms with E-state index in [0.717, 1.165) is 65.4 Å². The summed E-state index contributed by atoms with van der Waals surface area (Å²) in [4.78, 5) is 17.0. The number of ether oxygens (including phenoxy) is 2. The number of amides is 1. The van der Waals surface area contributed by atoms with Crippen LogP contribution in [0.4, 0.5) is 0 Å². The first-order chi connectivity index (χ1) is 11.2. The van der Waals surface area contributed by atoms with E-state index in [2.05, 4.69) is 4.90 Å². The number of methoxy groups -OCH3 is 1. The van der Waals surface area contributed by atoms with Gasteiger partial charge in [0.15, 0.2) is 0 Å². The number of hydrogen-bond donors (Lipinski definition) is 0. The van der Waals surface area contributed by atoms with E-state index in [9.17, 15) is 4.79 Å². The SMILES string of the molecule is COCCN1CCOC[C@]2(CCCN(C(=O)c3ccoc3)C2)C1. The second kappa shape index (κ2) is 7.47. The van der Waals surface area contributed by atoms with Crippen LogP contribution in [0.1, 0.15) is 23.2 Å². The molecule has 6 heteroatoms. The van der Waals surface area contributed by atoms with E-state index in [1.807, 2.05) is 4.90 Å². The zero-order valence-corrected chi connectivity index (χ0v) is 13.8. The number of carbonyl (C=O) groups is 1. The minimum Gasteiger partial charge on any atom is -0.472 e. The fourth-order valence-corrected chi connectivity index (χ4v) is 3.69. The van der Waals surface area contributed by atoms with Crippen LogP contribution in [0.25, 0.3) is 0 Å². The highest BCUT2D eigenvalue weighted by Crippen LogP contribution is 2.33. The lowest BCUT2D eigenvalue weighted by Crippen LogP contribution is -2.52. The van der Waals surface area contributed by atoms with Crippen molar-refractivity contribution >= 4 is 5.91 Å². The third-order valence-electron chi connectivity index (χ3n) is 4.85. The van der Waals surface area contributed by atoms with Crippen LogP contribution in [0, 0.1) is 5.41 Å². The molecule has 2 saturated heterocycles. The van der Waals surface area contributed by atoms with Crippen LogP contribution < -0.4 is 0 Å². The number of likely N-dealkylation sites (tertiary alicyclic amines) is 1. The van der Waals surface area contributed by atoms with E-state index < -0.39 is 0 Å². The predicted molar refractivity (Wildman–Crippen MR) is 85.4 cm³/mol. The molecule has 1 aromatic heterocycles. The molecule has 1 spiro atoms. The topological polar surface area (TPSA) is 55.2 Å². The molecule has 1 atom stereocenters. The molecule has 23 heavy (non-hydrogen) atoms. The van der Waals surface area contributed by atoms with Crippen LogP contribution in [-0.4, -0.2) is 75.4 Å². The van der Waals surface area contributed by atoms with Gasteiger partial charge in [0.05, 0.1) is 31.6 Å². The summed E-state index contributed by atoms with van der Waals surface area (Å²) in [5.74, 6) is 0.0607. The predicted octanol–water partition coefficient (Wildman–Crippen LogP) is 1.48. The van der Waals surface area contributed by atoms with Gasteiger partial charge in [-0.05, 0) is 18.9 Å². The van der Waals surface area contributed by atoms with Crippen molar-refractivity contribution in [3.05, 3.63) is 24.2 Å². The minimum atomic E-state index is 0.0296. The fourth-order valence-electron chi connectivity index (χ4n) is 3.69. The van der Waals surface area contributed by atoms with E-state index in [-0.39, 0.29) is 11.3 Å². The molecule has 1 aromatic rings. The van der Waals surface area contributed by atoms with Gasteiger partial charge in [0.25, 0.3) is 5.91 Å². The van der Waals surface area contributed by atoms with Crippen molar-refractivity contribution in [3.8, 4) is 0 Å². The smallest absolute Gasteiger partial charge is 0.257 e. The zero-order valence-electron chi connectivity index (χ0n) is 13.8. The maximum atomic E-state index is 12.6. The standard InChI is InChI=1S/C17H26N2O4/c1-21-9-6-18-7-10-23-14-17(12-18)4-2-5-19(13-17)16(20)15-3-8-22-11-15/h3,8,11H,2,4-7,9-10,12-14H2,1H3/t17-/m1/s1. The normalized spacial score (nSPS) is 26.4. The molecule has 0 N–H and O–H groups in total. The van der Waals surface area contributed by atoms with E-state index in [0.29, 0.717) is 5.56 Å². The van der Waals surface area contributed by atoms with Gasteiger partial charge < -0.3 is 18.8 Å². The molecule has 0 unspecified atom stereocenters. The molecule has 6 nitrogen and oxygen atoms in total. The van der Waals surface area contributed by atoms with Crippen molar-refractivity contribution in [2.45, 2.75) is 12.8 Å². The Morgan fingerprint density at radius 1 is 1.39 bits per heavy atom. The number of carbonyl (C=O) groups excluding carboxylic acids is 1. The summed E-state index contributed by atoms with van der Waals surface area (Å²) in [6.45, 7) is 6.58. The minimum absolute atomic E-state index is 0.0296. The summed E-state index contributed by atoms with van der Waals surface area (Å²) in [6, 6.07) is 1.73. The number of nitrogens with zero attached hydrogens (tertiary/aromatic N) is 2. The van der Waals surface area contributed by atoms with E-state index in [4.69, 9.17) is 13.9 Å². The van der Waals surface area contributed by atoms with Crippen LogP contribution in [0.2, 0.25) is 0 Å². The molecule has 0 radical (unpaired) electrons. The molecule has 0 aromatic carbocycles. The molecular formula is C17H26N2O4. The Morgan fingerprint density at radius 2 is 2.30 bits per heavy atom. The summed E-state index contributed by atoms with van der Waals surface area (Å²) in [5, 5.41) is 0. The van der Waals surface area contributed by atoms with Crippen LogP contribution in [0.3, 0.4) is 0 Å². The quantitative estimate of drug-likeness (QED) is 0.840. The molecule has 1 amide bonds. The third-order valence-corrected chi connectivity index (χ3v) is 4.85. The van der Waals surface area contributed by atoms with Crippen molar-refractivity contribution < 1.29 is 18.7 Å². The Hall–Kier alpha value is -1.37. The summed E-state index contributed by atoms with van der Waals surface area (Å²) in [7, 11) is 1.73. The molecule has 2 fully saturated rings.